The van der Waals surface area contributed by atoms with E-state index in [1.54, 1.807) is 11.3 Å². The highest BCUT2D eigenvalue weighted by Crippen LogP contribution is 2.20. The fourth-order valence-corrected chi connectivity index (χ4v) is 2.19. The number of rotatable bonds is 4. The van der Waals surface area contributed by atoms with E-state index in [1.165, 1.54) is 0 Å². The number of nitrogens with one attached hydrogen (secondary N) is 1. The molecule has 4 nitrogen and oxygen atoms in total. The van der Waals surface area contributed by atoms with Crippen LogP contribution in [-0.4, -0.2) is 21.7 Å². The van der Waals surface area contributed by atoms with Gasteiger partial charge in [-0.2, -0.15) is 0 Å². The summed E-state index contributed by atoms with van der Waals surface area (Å²) in [5, 5.41) is 13.7. The Morgan fingerprint density at radius 2 is 2.12 bits per heavy atom. The maximum absolute atomic E-state index is 5.89. The van der Waals surface area contributed by atoms with Crippen LogP contribution in [0.15, 0.2) is 10.9 Å². The van der Waals surface area contributed by atoms with Gasteiger partial charge in [0.1, 0.15) is 0 Å². The summed E-state index contributed by atoms with van der Waals surface area (Å²) >= 11 is 7.50. The number of aromatic nitrogens is 3. The lowest BCUT2D eigenvalue weighted by Crippen LogP contribution is -2.09. The minimum absolute atomic E-state index is 0.465. The molecule has 0 unspecified atom stereocenters. The van der Waals surface area contributed by atoms with E-state index in [0.29, 0.717) is 5.15 Å². The van der Waals surface area contributed by atoms with Crippen LogP contribution in [-0.2, 0) is 6.42 Å². The molecule has 17 heavy (non-hydrogen) atoms. The summed E-state index contributed by atoms with van der Waals surface area (Å²) in [4.78, 5) is 4.22. The van der Waals surface area contributed by atoms with Crippen molar-refractivity contribution in [3.63, 3.8) is 0 Å². The summed E-state index contributed by atoms with van der Waals surface area (Å²) in [5.41, 5.74) is 4.95. The Kier molecular flexibility index (Phi) is 3.91. The molecule has 0 aliphatic rings. The van der Waals surface area contributed by atoms with E-state index in [-0.39, 0.29) is 0 Å². The van der Waals surface area contributed by atoms with E-state index in [2.05, 4.69) is 20.5 Å². The molecule has 2 heterocycles. The molecule has 6 heteroatoms. The second-order valence-electron chi connectivity index (χ2n) is 3.75. The van der Waals surface area contributed by atoms with E-state index in [4.69, 9.17) is 11.6 Å². The van der Waals surface area contributed by atoms with Gasteiger partial charge in [0.15, 0.2) is 11.0 Å². The number of nitrogens with zero attached hydrogens (tertiary/aromatic N) is 3. The Bertz CT molecular complexity index is 498. The molecule has 0 saturated heterocycles. The van der Waals surface area contributed by atoms with Crippen molar-refractivity contribution >= 4 is 28.8 Å². The van der Waals surface area contributed by atoms with E-state index in [1.807, 2.05) is 24.7 Å². The Hall–Kier alpha value is -1.20. The first-order valence-electron chi connectivity index (χ1n) is 5.29. The highest BCUT2D eigenvalue weighted by atomic mass is 35.5. The third-order valence-corrected chi connectivity index (χ3v) is 3.62. The summed E-state index contributed by atoms with van der Waals surface area (Å²) < 4.78 is 0. The molecular weight excluding hydrogens is 256 g/mol. The van der Waals surface area contributed by atoms with Gasteiger partial charge in [-0.1, -0.05) is 11.6 Å². The lowest BCUT2D eigenvalue weighted by atomic mass is 10.2. The topological polar surface area (TPSA) is 50.7 Å². The Balaban J connectivity index is 1.97. The van der Waals surface area contributed by atoms with Gasteiger partial charge in [-0.25, -0.2) is 4.98 Å². The van der Waals surface area contributed by atoms with Crippen molar-refractivity contribution in [2.75, 3.05) is 11.9 Å². The first kappa shape index (κ1) is 12.3. The van der Waals surface area contributed by atoms with Crippen LogP contribution in [0.2, 0.25) is 5.15 Å². The molecule has 1 N–H and O–H groups in total. The van der Waals surface area contributed by atoms with Gasteiger partial charge < -0.3 is 5.32 Å². The van der Waals surface area contributed by atoms with E-state index < -0.39 is 0 Å². The second kappa shape index (κ2) is 5.42. The molecule has 0 atom stereocenters. The second-order valence-corrected chi connectivity index (χ2v) is 4.82. The predicted molar refractivity (Wildman–Crippen MR) is 70.8 cm³/mol. The molecule has 0 aromatic carbocycles. The Labute approximate surface area is 109 Å². The van der Waals surface area contributed by atoms with Crippen LogP contribution in [0.1, 0.15) is 16.8 Å². The van der Waals surface area contributed by atoms with Crippen molar-refractivity contribution < 1.29 is 0 Å². The molecule has 2 rings (SSSR count). The van der Waals surface area contributed by atoms with Crippen molar-refractivity contribution in [1.82, 2.24) is 15.2 Å². The van der Waals surface area contributed by atoms with Crippen molar-refractivity contribution in [2.45, 2.75) is 20.3 Å². The summed E-state index contributed by atoms with van der Waals surface area (Å²) in [5.74, 6) is 0.794. The number of halogens is 1. The normalized spacial score (nSPS) is 10.5. The predicted octanol–water partition coefficient (Wildman–Crippen LogP) is 2.86. The smallest absolute Gasteiger partial charge is 0.155 e. The number of hydrogen-bond acceptors (Lipinski definition) is 5. The van der Waals surface area contributed by atoms with Gasteiger partial charge in [0, 0.05) is 18.3 Å². The van der Waals surface area contributed by atoms with Gasteiger partial charge in [-0.15, -0.1) is 21.5 Å². The van der Waals surface area contributed by atoms with Gasteiger partial charge >= 0.3 is 0 Å². The maximum atomic E-state index is 5.89. The average molecular weight is 269 g/mol. The zero-order chi connectivity index (χ0) is 12.3. The molecule has 0 spiro atoms. The van der Waals surface area contributed by atoms with Crippen LogP contribution in [0.4, 0.5) is 5.82 Å². The van der Waals surface area contributed by atoms with Crippen LogP contribution in [0.3, 0.4) is 0 Å². The standard InChI is InChI=1S/C11H13ClN4S/c1-7-8(2)11(16-15-10(7)12)13-4-3-9-5-17-6-14-9/h5-6H,3-4H2,1-2H3,(H,13,16). The fraction of sp³-hybridized carbons (Fsp3) is 0.364. The van der Waals surface area contributed by atoms with Crippen molar-refractivity contribution in [2.24, 2.45) is 0 Å². The van der Waals surface area contributed by atoms with Crippen molar-refractivity contribution in [3.8, 4) is 0 Å². The summed E-state index contributed by atoms with van der Waals surface area (Å²) in [6, 6.07) is 0. The minimum Gasteiger partial charge on any atom is -0.368 e. The van der Waals surface area contributed by atoms with Crippen molar-refractivity contribution in [3.05, 3.63) is 32.9 Å². The highest BCUT2D eigenvalue weighted by Gasteiger charge is 2.07. The Morgan fingerprint density at radius 3 is 2.82 bits per heavy atom. The number of thiazole rings is 1. The van der Waals surface area contributed by atoms with Gasteiger partial charge in [0.2, 0.25) is 0 Å². The molecule has 2 aromatic heterocycles. The zero-order valence-corrected chi connectivity index (χ0v) is 11.3. The van der Waals surface area contributed by atoms with Crippen LogP contribution in [0, 0.1) is 13.8 Å². The first-order chi connectivity index (χ1) is 8.18. The monoisotopic (exact) mass is 268 g/mol. The van der Waals surface area contributed by atoms with Gasteiger partial charge in [0.25, 0.3) is 0 Å². The van der Waals surface area contributed by atoms with Crippen LogP contribution in [0.25, 0.3) is 0 Å². The largest absolute Gasteiger partial charge is 0.368 e. The Morgan fingerprint density at radius 1 is 1.29 bits per heavy atom. The van der Waals surface area contributed by atoms with Crippen molar-refractivity contribution in [1.29, 1.82) is 0 Å². The molecule has 0 radical (unpaired) electrons. The molecule has 0 amide bonds. The molecule has 0 aliphatic heterocycles. The SMILES string of the molecule is Cc1c(Cl)nnc(NCCc2cscn2)c1C. The fourth-order valence-electron chi connectivity index (χ4n) is 1.41. The quantitative estimate of drug-likeness (QED) is 0.926. The molecule has 0 aliphatic carbocycles. The first-order valence-corrected chi connectivity index (χ1v) is 6.61. The molecule has 90 valence electrons. The van der Waals surface area contributed by atoms with Gasteiger partial charge in [-0.05, 0) is 25.0 Å². The van der Waals surface area contributed by atoms with Gasteiger partial charge in [-0.3, -0.25) is 0 Å². The van der Waals surface area contributed by atoms with E-state index in [0.717, 1.165) is 35.6 Å². The number of hydrogen-bond donors (Lipinski definition) is 1. The summed E-state index contributed by atoms with van der Waals surface area (Å²) in [6.45, 7) is 4.72. The lowest BCUT2D eigenvalue weighted by molar-refractivity contribution is 0.932. The minimum atomic E-state index is 0.465. The molecule has 2 aromatic rings. The van der Waals surface area contributed by atoms with E-state index >= 15 is 0 Å². The molecule has 0 bridgehead atoms. The van der Waals surface area contributed by atoms with Gasteiger partial charge in [0.05, 0.1) is 11.2 Å². The lowest BCUT2D eigenvalue weighted by Gasteiger charge is -2.09. The molecule has 0 fully saturated rings. The summed E-state index contributed by atoms with van der Waals surface area (Å²) in [7, 11) is 0. The van der Waals surface area contributed by atoms with Crippen LogP contribution >= 0.6 is 22.9 Å². The molecular formula is C11H13ClN4S. The maximum Gasteiger partial charge on any atom is 0.155 e. The summed E-state index contributed by atoms with van der Waals surface area (Å²) in [6.07, 6.45) is 0.881. The third kappa shape index (κ3) is 2.92. The van der Waals surface area contributed by atoms with Crippen LogP contribution < -0.4 is 5.32 Å². The van der Waals surface area contributed by atoms with E-state index in [9.17, 15) is 0 Å². The molecule has 0 saturated carbocycles. The highest BCUT2D eigenvalue weighted by molar-refractivity contribution is 7.07. The zero-order valence-electron chi connectivity index (χ0n) is 9.70. The van der Waals surface area contributed by atoms with Crippen LogP contribution in [0.5, 0.6) is 0 Å². The number of anilines is 1. The third-order valence-electron chi connectivity index (χ3n) is 2.62. The average Bonchev–Trinajstić information content (AvgIpc) is 2.82.